The molecule has 6 heteroatoms. The smallest absolute Gasteiger partial charge is 0.294 e. The van der Waals surface area contributed by atoms with Crippen LogP contribution in [-0.2, 0) is 29.6 Å². The van der Waals surface area contributed by atoms with Gasteiger partial charge in [0, 0.05) is 25.2 Å². The number of nitrogen functional groups attached to an aromatic ring is 1. The maximum atomic E-state index is 10.5. The fourth-order valence-electron chi connectivity index (χ4n) is 0.640. The molecule has 0 heterocycles. The second-order valence-corrected chi connectivity index (χ2v) is 3.47. The number of rotatable bonds is 1. The van der Waals surface area contributed by atoms with Crippen LogP contribution in [0.2, 0.25) is 0 Å². The van der Waals surface area contributed by atoms with E-state index in [-0.39, 0.29) is 24.4 Å². The van der Waals surface area contributed by atoms with E-state index in [1.807, 2.05) is 0 Å². The van der Waals surface area contributed by atoms with Crippen molar-refractivity contribution in [2.24, 2.45) is 0 Å². The van der Waals surface area contributed by atoms with Crippen molar-refractivity contribution in [1.82, 2.24) is 0 Å². The van der Waals surface area contributed by atoms with Crippen LogP contribution < -0.4 is 5.73 Å². The van der Waals surface area contributed by atoms with Crippen molar-refractivity contribution in [2.45, 2.75) is 4.90 Å². The Morgan fingerprint density at radius 2 is 1.58 bits per heavy atom. The Labute approximate surface area is 83.3 Å². The Kier molecular flexibility index (Phi) is 3.83. The first kappa shape index (κ1) is 11.6. The van der Waals surface area contributed by atoms with E-state index in [4.69, 9.17) is 10.3 Å². The summed E-state index contributed by atoms with van der Waals surface area (Å²) in [5, 5.41) is 0. The molecule has 1 rings (SSSR count). The van der Waals surface area contributed by atoms with Gasteiger partial charge in [0.1, 0.15) is 0 Å². The van der Waals surface area contributed by atoms with E-state index in [0.29, 0.717) is 5.69 Å². The zero-order valence-corrected chi connectivity index (χ0v) is 10.0. The van der Waals surface area contributed by atoms with Gasteiger partial charge in [0.15, 0.2) is 0 Å². The number of nitrogens with two attached hydrogens (primary N) is 1. The molecule has 0 aliphatic rings. The molecule has 0 aromatic heterocycles. The Morgan fingerprint density at radius 3 is 1.92 bits per heavy atom. The van der Waals surface area contributed by atoms with Crippen LogP contribution >= 0.6 is 0 Å². The number of hydrogen-bond acceptors (Lipinski definition) is 3. The Hall–Kier alpha value is -0.447. The summed E-state index contributed by atoms with van der Waals surface area (Å²) in [6.45, 7) is 0. The van der Waals surface area contributed by atoms with Gasteiger partial charge in [-0.05, 0) is 24.3 Å². The van der Waals surface area contributed by atoms with E-state index in [0.717, 1.165) is 0 Å². The Balaban J connectivity index is 0.00000121. The number of hydrogen-bond donors (Lipinski definition) is 2. The average Bonchev–Trinajstić information content (AvgIpc) is 1.86. The van der Waals surface area contributed by atoms with Gasteiger partial charge in [0.05, 0.1) is 4.90 Å². The topological polar surface area (TPSA) is 80.4 Å². The molecular formula is C6H7NO3SZn. The summed E-state index contributed by atoms with van der Waals surface area (Å²) >= 11 is 0. The molecule has 0 spiro atoms. The zero-order chi connectivity index (χ0) is 8.48. The normalized spacial score (nSPS) is 10.4. The van der Waals surface area contributed by atoms with E-state index in [2.05, 4.69) is 0 Å². The molecule has 12 heavy (non-hydrogen) atoms. The molecule has 1 aromatic rings. The van der Waals surface area contributed by atoms with Crippen LogP contribution in [0.25, 0.3) is 0 Å². The predicted molar refractivity (Wildman–Crippen MR) is 40.7 cm³/mol. The fourth-order valence-corrected chi connectivity index (χ4v) is 1.12. The van der Waals surface area contributed by atoms with Crippen LogP contribution in [0.1, 0.15) is 0 Å². The van der Waals surface area contributed by atoms with Gasteiger partial charge in [-0.2, -0.15) is 8.42 Å². The monoisotopic (exact) mass is 237 g/mol. The first-order valence-corrected chi connectivity index (χ1v) is 4.27. The van der Waals surface area contributed by atoms with Crippen molar-refractivity contribution in [3.63, 3.8) is 0 Å². The molecule has 0 saturated carbocycles. The van der Waals surface area contributed by atoms with E-state index in [1.54, 1.807) is 0 Å². The number of anilines is 1. The van der Waals surface area contributed by atoms with Crippen molar-refractivity contribution in [3.05, 3.63) is 24.3 Å². The molecule has 0 saturated heterocycles. The third-order valence-electron chi connectivity index (χ3n) is 1.18. The summed E-state index contributed by atoms with van der Waals surface area (Å²) in [6, 6.07) is 5.29. The molecule has 62 valence electrons. The standard InChI is InChI=1S/C6H7NO3S.Zn/c7-5-1-3-6(4-2-5)11(8,9)10;/h1-4H,7H2,(H,8,9,10);. The van der Waals surface area contributed by atoms with Gasteiger partial charge < -0.3 is 5.73 Å². The number of benzene rings is 1. The van der Waals surface area contributed by atoms with Gasteiger partial charge in [-0.3, -0.25) is 4.55 Å². The molecule has 0 amide bonds. The summed E-state index contributed by atoms with van der Waals surface area (Å²) in [4.78, 5) is -0.147. The Morgan fingerprint density at radius 1 is 1.17 bits per heavy atom. The molecule has 4 nitrogen and oxygen atoms in total. The van der Waals surface area contributed by atoms with Crippen LogP contribution in [-0.4, -0.2) is 13.0 Å². The van der Waals surface area contributed by atoms with Crippen LogP contribution in [0.3, 0.4) is 0 Å². The second kappa shape index (κ2) is 3.98. The van der Waals surface area contributed by atoms with Gasteiger partial charge in [0.2, 0.25) is 0 Å². The molecule has 0 fully saturated rings. The summed E-state index contributed by atoms with van der Waals surface area (Å²) in [6.07, 6.45) is 0. The molecule has 1 aromatic carbocycles. The molecule has 3 N–H and O–H groups in total. The van der Waals surface area contributed by atoms with Crippen molar-refractivity contribution in [1.29, 1.82) is 0 Å². The first-order valence-electron chi connectivity index (χ1n) is 2.83. The third-order valence-corrected chi connectivity index (χ3v) is 2.05. The van der Waals surface area contributed by atoms with Crippen LogP contribution in [0, 0.1) is 0 Å². The van der Waals surface area contributed by atoms with Gasteiger partial charge in [0.25, 0.3) is 10.1 Å². The average molecular weight is 239 g/mol. The van der Waals surface area contributed by atoms with E-state index >= 15 is 0 Å². The first-order chi connectivity index (χ1) is 5.00. The largest absolute Gasteiger partial charge is 0.399 e. The van der Waals surface area contributed by atoms with Crippen LogP contribution in [0.15, 0.2) is 29.2 Å². The molecule has 0 atom stereocenters. The van der Waals surface area contributed by atoms with E-state index in [9.17, 15) is 8.42 Å². The summed E-state index contributed by atoms with van der Waals surface area (Å²) in [5.74, 6) is 0. The van der Waals surface area contributed by atoms with Crippen LogP contribution in [0.4, 0.5) is 5.69 Å². The van der Waals surface area contributed by atoms with E-state index in [1.165, 1.54) is 24.3 Å². The second-order valence-electron chi connectivity index (χ2n) is 2.04. The SMILES string of the molecule is Nc1ccc(S(=O)(=O)O)cc1.[Zn]. The van der Waals surface area contributed by atoms with Gasteiger partial charge in [-0.25, -0.2) is 0 Å². The summed E-state index contributed by atoms with van der Waals surface area (Å²) in [5.41, 5.74) is 5.75. The van der Waals surface area contributed by atoms with Gasteiger partial charge >= 0.3 is 0 Å². The third kappa shape index (κ3) is 2.89. The van der Waals surface area contributed by atoms with Crippen molar-refractivity contribution in [3.8, 4) is 0 Å². The van der Waals surface area contributed by atoms with Crippen molar-refractivity contribution in [2.75, 3.05) is 5.73 Å². The fraction of sp³-hybridized carbons (Fsp3) is 0. The summed E-state index contributed by atoms with van der Waals surface area (Å²) in [7, 11) is -4.08. The summed E-state index contributed by atoms with van der Waals surface area (Å²) < 4.78 is 29.4. The minimum absolute atomic E-state index is 0. The molecule has 0 radical (unpaired) electrons. The molecule has 0 aliphatic heterocycles. The van der Waals surface area contributed by atoms with Crippen LogP contribution in [0.5, 0.6) is 0 Å². The quantitative estimate of drug-likeness (QED) is 0.424. The molecule has 0 aliphatic carbocycles. The van der Waals surface area contributed by atoms with Crippen molar-refractivity contribution < 1.29 is 32.4 Å². The Bertz CT molecular complexity index is 346. The zero-order valence-electron chi connectivity index (χ0n) is 6.27. The van der Waals surface area contributed by atoms with E-state index < -0.39 is 10.1 Å². The maximum Gasteiger partial charge on any atom is 0.294 e. The molecule has 0 bridgehead atoms. The predicted octanol–water partition coefficient (Wildman–Crippen LogP) is 0.513. The molecular weight excluding hydrogens is 232 g/mol. The minimum Gasteiger partial charge on any atom is -0.399 e. The van der Waals surface area contributed by atoms with Crippen molar-refractivity contribution >= 4 is 15.8 Å². The minimum atomic E-state index is -4.08. The maximum absolute atomic E-state index is 10.5. The molecule has 0 unspecified atom stereocenters. The van der Waals surface area contributed by atoms with Gasteiger partial charge in [-0.15, -0.1) is 0 Å². The van der Waals surface area contributed by atoms with Gasteiger partial charge in [-0.1, -0.05) is 0 Å².